The second-order valence-electron chi connectivity index (χ2n) is 6.70. The highest BCUT2D eigenvalue weighted by Crippen LogP contribution is 2.37. The van der Waals surface area contributed by atoms with Gasteiger partial charge in [-0.1, -0.05) is 11.8 Å². The van der Waals surface area contributed by atoms with Crippen molar-refractivity contribution in [3.05, 3.63) is 42.2 Å². The molecule has 2 aliphatic carbocycles. The van der Waals surface area contributed by atoms with Crippen LogP contribution in [0.4, 0.5) is 0 Å². The van der Waals surface area contributed by atoms with Crippen LogP contribution in [0.1, 0.15) is 60.6 Å². The van der Waals surface area contributed by atoms with Gasteiger partial charge in [-0.25, -0.2) is 19.9 Å². The minimum absolute atomic E-state index is 0.0650. The van der Waals surface area contributed by atoms with E-state index in [4.69, 9.17) is 0 Å². The lowest BCUT2D eigenvalue weighted by atomic mass is 9.95. The average Bonchev–Trinajstić information content (AvgIpc) is 3.50. The molecule has 6 nitrogen and oxygen atoms in total. The zero-order chi connectivity index (χ0) is 17.1. The molecule has 25 heavy (non-hydrogen) atoms. The Labute approximate surface area is 151 Å². The molecule has 130 valence electrons. The molecule has 2 saturated carbocycles. The molecule has 2 aliphatic rings. The Hall–Kier alpha value is -2.02. The Balaban J connectivity index is 1.25. The molecule has 0 unspecified atom stereocenters. The first kappa shape index (κ1) is 16.4. The van der Waals surface area contributed by atoms with Crippen molar-refractivity contribution in [2.75, 3.05) is 0 Å². The van der Waals surface area contributed by atoms with Gasteiger partial charge in [-0.05, 0) is 44.6 Å². The molecule has 1 N–H and O–H groups in total. The lowest BCUT2D eigenvalue weighted by molar-refractivity contribution is 0.0927. The van der Waals surface area contributed by atoms with Crippen molar-refractivity contribution in [1.29, 1.82) is 0 Å². The van der Waals surface area contributed by atoms with Crippen molar-refractivity contribution >= 4 is 17.7 Å². The summed E-state index contributed by atoms with van der Waals surface area (Å²) in [5.41, 5.74) is 0.554. The highest BCUT2D eigenvalue weighted by molar-refractivity contribution is 7.99. The summed E-state index contributed by atoms with van der Waals surface area (Å²) in [6.45, 7) is 0. The van der Waals surface area contributed by atoms with Crippen molar-refractivity contribution in [1.82, 2.24) is 25.3 Å². The van der Waals surface area contributed by atoms with Crippen molar-refractivity contribution in [3.8, 4) is 0 Å². The van der Waals surface area contributed by atoms with Crippen LogP contribution in [-0.2, 0) is 0 Å². The number of carbonyl (C=O) groups excluding carboxylic acids is 1. The van der Waals surface area contributed by atoms with Gasteiger partial charge in [0.1, 0.15) is 5.82 Å². The standard InChI is InChI=1S/C18H21N5OS/c24-17(13-10-21-16(22-11-13)12-2-3-12)23-14-4-6-15(7-5-14)25-18-19-8-1-9-20-18/h1,8-12,14-15H,2-7H2,(H,23,24). The predicted molar refractivity (Wildman–Crippen MR) is 95.4 cm³/mol. The molecule has 2 aromatic rings. The van der Waals surface area contributed by atoms with E-state index >= 15 is 0 Å². The van der Waals surface area contributed by atoms with Gasteiger partial charge in [0.25, 0.3) is 5.91 Å². The molecule has 4 rings (SSSR count). The second-order valence-corrected chi connectivity index (χ2v) is 7.97. The molecular formula is C18H21N5OS. The minimum Gasteiger partial charge on any atom is -0.349 e. The molecule has 2 aromatic heterocycles. The Morgan fingerprint density at radius 2 is 1.64 bits per heavy atom. The molecule has 0 atom stereocenters. The van der Waals surface area contributed by atoms with E-state index in [9.17, 15) is 4.79 Å². The molecule has 7 heteroatoms. The summed E-state index contributed by atoms with van der Waals surface area (Å²) < 4.78 is 0. The van der Waals surface area contributed by atoms with Crippen molar-refractivity contribution in [2.45, 2.75) is 60.9 Å². The molecule has 2 fully saturated rings. The minimum atomic E-state index is -0.0650. The lowest BCUT2D eigenvalue weighted by Gasteiger charge is -2.28. The summed E-state index contributed by atoms with van der Waals surface area (Å²) >= 11 is 1.74. The molecule has 2 heterocycles. The van der Waals surface area contributed by atoms with Crippen molar-refractivity contribution in [2.24, 2.45) is 0 Å². The average molecular weight is 355 g/mol. The first-order chi connectivity index (χ1) is 12.3. The van der Waals surface area contributed by atoms with Crippen molar-refractivity contribution < 1.29 is 4.79 Å². The summed E-state index contributed by atoms with van der Waals surface area (Å²) in [7, 11) is 0. The highest BCUT2D eigenvalue weighted by atomic mass is 32.2. The molecule has 0 bridgehead atoms. The van der Waals surface area contributed by atoms with Gasteiger partial charge >= 0.3 is 0 Å². The molecule has 0 saturated heterocycles. The van der Waals surface area contributed by atoms with E-state index in [0.717, 1.165) is 36.7 Å². The quantitative estimate of drug-likeness (QED) is 0.831. The van der Waals surface area contributed by atoms with Gasteiger partial charge in [0.15, 0.2) is 5.16 Å². The molecule has 0 aromatic carbocycles. The lowest BCUT2D eigenvalue weighted by Crippen LogP contribution is -2.38. The summed E-state index contributed by atoms with van der Waals surface area (Å²) in [6, 6.07) is 2.06. The smallest absolute Gasteiger partial charge is 0.254 e. The van der Waals surface area contributed by atoms with Crippen LogP contribution < -0.4 is 5.32 Å². The largest absolute Gasteiger partial charge is 0.349 e. The maximum absolute atomic E-state index is 12.4. The van der Waals surface area contributed by atoms with Crippen LogP contribution in [0.25, 0.3) is 0 Å². The zero-order valence-corrected chi connectivity index (χ0v) is 14.8. The summed E-state index contributed by atoms with van der Waals surface area (Å²) in [6.07, 6.45) is 13.3. The summed E-state index contributed by atoms with van der Waals surface area (Å²) in [4.78, 5) is 29.6. The van der Waals surface area contributed by atoms with E-state index in [0.29, 0.717) is 16.7 Å². The van der Waals surface area contributed by atoms with E-state index in [2.05, 4.69) is 25.3 Å². The van der Waals surface area contributed by atoms with Crippen LogP contribution >= 0.6 is 11.8 Å². The Bertz CT molecular complexity index is 712. The maximum Gasteiger partial charge on any atom is 0.254 e. The van der Waals surface area contributed by atoms with Gasteiger partial charge in [0.05, 0.1) is 5.56 Å². The third-order valence-corrected chi connectivity index (χ3v) is 5.93. The SMILES string of the molecule is O=C(NC1CCC(Sc2ncccn2)CC1)c1cnc(C2CC2)nc1. The van der Waals surface area contributed by atoms with Gasteiger partial charge in [-0.2, -0.15) is 0 Å². The monoisotopic (exact) mass is 355 g/mol. The van der Waals surface area contributed by atoms with Crippen LogP contribution in [0.3, 0.4) is 0 Å². The van der Waals surface area contributed by atoms with Gasteiger partial charge < -0.3 is 5.32 Å². The van der Waals surface area contributed by atoms with Gasteiger partial charge in [-0.15, -0.1) is 0 Å². The number of rotatable bonds is 5. The van der Waals surface area contributed by atoms with E-state index in [1.807, 2.05) is 6.07 Å². The van der Waals surface area contributed by atoms with Crippen LogP contribution in [0.2, 0.25) is 0 Å². The van der Waals surface area contributed by atoms with Gasteiger partial charge in [-0.3, -0.25) is 4.79 Å². The number of thioether (sulfide) groups is 1. The number of carbonyl (C=O) groups is 1. The molecule has 0 radical (unpaired) electrons. The maximum atomic E-state index is 12.4. The van der Waals surface area contributed by atoms with Crippen LogP contribution in [0, 0.1) is 0 Å². The normalized spacial score (nSPS) is 23.2. The van der Waals surface area contributed by atoms with Crippen molar-refractivity contribution in [3.63, 3.8) is 0 Å². The van der Waals surface area contributed by atoms with Crippen LogP contribution in [0.5, 0.6) is 0 Å². The number of hydrogen-bond acceptors (Lipinski definition) is 6. The fourth-order valence-corrected chi connectivity index (χ4v) is 4.15. The molecular weight excluding hydrogens is 334 g/mol. The first-order valence-corrected chi connectivity index (χ1v) is 9.72. The van der Waals surface area contributed by atoms with Gasteiger partial charge in [0.2, 0.25) is 0 Å². The number of amides is 1. The number of aromatic nitrogens is 4. The number of hydrogen-bond donors (Lipinski definition) is 1. The molecule has 1 amide bonds. The van der Waals surface area contributed by atoms with Crippen LogP contribution in [0.15, 0.2) is 36.0 Å². The molecule has 0 aliphatic heterocycles. The van der Waals surface area contributed by atoms with E-state index in [1.54, 1.807) is 36.5 Å². The van der Waals surface area contributed by atoms with E-state index in [-0.39, 0.29) is 11.9 Å². The number of nitrogens with zero attached hydrogens (tertiary/aromatic N) is 4. The third-order valence-electron chi connectivity index (χ3n) is 4.70. The number of nitrogens with one attached hydrogen (secondary N) is 1. The second kappa shape index (κ2) is 7.47. The fraction of sp³-hybridized carbons (Fsp3) is 0.500. The fourth-order valence-electron chi connectivity index (χ4n) is 3.10. The zero-order valence-electron chi connectivity index (χ0n) is 14.0. The highest BCUT2D eigenvalue weighted by Gasteiger charge is 2.27. The summed E-state index contributed by atoms with van der Waals surface area (Å²) in [5, 5.41) is 4.49. The van der Waals surface area contributed by atoms with Gasteiger partial charge in [0, 0.05) is 42.0 Å². The molecule has 0 spiro atoms. The van der Waals surface area contributed by atoms with E-state index < -0.39 is 0 Å². The van der Waals surface area contributed by atoms with E-state index in [1.165, 1.54) is 12.8 Å². The topological polar surface area (TPSA) is 80.7 Å². The summed E-state index contributed by atoms with van der Waals surface area (Å²) in [5.74, 6) is 1.32. The third kappa shape index (κ3) is 4.34. The Morgan fingerprint density at radius 1 is 0.960 bits per heavy atom. The predicted octanol–water partition coefficient (Wildman–Crippen LogP) is 2.98. The first-order valence-electron chi connectivity index (χ1n) is 8.84. The Kier molecular flexibility index (Phi) is 4.92. The van der Waals surface area contributed by atoms with Crippen LogP contribution in [-0.4, -0.2) is 37.1 Å². The Morgan fingerprint density at radius 3 is 2.28 bits per heavy atom.